The quantitative estimate of drug-likeness (QED) is 0.187. The molecule has 0 aromatic heterocycles. The summed E-state index contributed by atoms with van der Waals surface area (Å²) in [6.45, 7) is 6.86. The molecule has 3 rings (SSSR count). The maximum atomic E-state index is 12.3. The average Bonchev–Trinajstić information content (AvgIpc) is 2.76. The van der Waals surface area contributed by atoms with Crippen molar-refractivity contribution in [2.45, 2.75) is 33.8 Å². The van der Waals surface area contributed by atoms with Gasteiger partial charge in [0.15, 0.2) is 11.5 Å². The zero-order valence-electron chi connectivity index (χ0n) is 18.8. The van der Waals surface area contributed by atoms with Gasteiger partial charge in [-0.05, 0) is 89.9 Å². The Balaban J connectivity index is 1.66. The molecule has 0 aliphatic carbocycles. The van der Waals surface area contributed by atoms with E-state index in [-0.39, 0.29) is 12.3 Å². The first kappa shape index (κ1) is 25.1. The van der Waals surface area contributed by atoms with Gasteiger partial charge in [-0.15, -0.1) is 0 Å². The van der Waals surface area contributed by atoms with Gasteiger partial charge in [0, 0.05) is 5.02 Å². The van der Waals surface area contributed by atoms with E-state index < -0.39 is 0 Å². The van der Waals surface area contributed by atoms with E-state index in [2.05, 4.69) is 39.2 Å². The maximum absolute atomic E-state index is 12.3. The van der Waals surface area contributed by atoms with Gasteiger partial charge in [-0.1, -0.05) is 47.5 Å². The van der Waals surface area contributed by atoms with Crippen molar-refractivity contribution in [3.05, 3.63) is 91.0 Å². The molecule has 3 aromatic carbocycles. The molecular formula is C26H26ClIN2O3. The highest BCUT2D eigenvalue weighted by Gasteiger charge is 2.12. The summed E-state index contributed by atoms with van der Waals surface area (Å²) in [5.74, 6) is 1.13. The molecular weight excluding hydrogens is 551 g/mol. The maximum Gasteiger partial charge on any atom is 0.244 e. The Hall–Kier alpha value is -2.58. The number of ether oxygens (including phenoxy) is 2. The van der Waals surface area contributed by atoms with E-state index in [9.17, 15) is 4.79 Å². The van der Waals surface area contributed by atoms with Gasteiger partial charge in [-0.2, -0.15) is 5.10 Å². The number of aryl methyl sites for hydroxylation is 2. The number of carbonyl (C=O) groups is 1. The minimum Gasteiger partial charge on any atom is -0.490 e. The summed E-state index contributed by atoms with van der Waals surface area (Å²) in [7, 11) is 0. The molecule has 7 heteroatoms. The van der Waals surface area contributed by atoms with Crippen LogP contribution in [0.1, 0.15) is 34.7 Å². The minimum atomic E-state index is -0.166. The van der Waals surface area contributed by atoms with Crippen LogP contribution in [0.3, 0.4) is 0 Å². The lowest BCUT2D eigenvalue weighted by Crippen LogP contribution is -2.20. The Morgan fingerprint density at radius 2 is 1.85 bits per heavy atom. The van der Waals surface area contributed by atoms with Gasteiger partial charge in [-0.25, -0.2) is 5.43 Å². The standard InChI is InChI=1S/C26H26ClIN2O3/c1-4-32-24-13-20(12-23(28)26(24)33-16-19-6-9-22(27)10-7-19)15-29-30-25(31)14-21-8-5-17(2)11-18(21)3/h5-13,15H,4,14,16H2,1-3H3,(H,30,31)/b29-15-. The Labute approximate surface area is 213 Å². The summed E-state index contributed by atoms with van der Waals surface area (Å²) >= 11 is 8.16. The van der Waals surface area contributed by atoms with Crippen molar-refractivity contribution in [1.29, 1.82) is 0 Å². The Kier molecular flexibility index (Phi) is 9.14. The van der Waals surface area contributed by atoms with Crippen LogP contribution in [0, 0.1) is 17.4 Å². The Bertz CT molecular complexity index is 1150. The molecule has 3 aromatic rings. The summed E-state index contributed by atoms with van der Waals surface area (Å²) < 4.78 is 12.7. The molecule has 0 radical (unpaired) electrons. The average molecular weight is 577 g/mol. The molecule has 0 fully saturated rings. The van der Waals surface area contributed by atoms with E-state index >= 15 is 0 Å². The van der Waals surface area contributed by atoms with Gasteiger partial charge in [0.25, 0.3) is 0 Å². The molecule has 0 heterocycles. The molecule has 1 amide bonds. The molecule has 172 valence electrons. The first-order chi connectivity index (χ1) is 15.9. The zero-order valence-corrected chi connectivity index (χ0v) is 21.7. The number of carbonyl (C=O) groups excluding carboxylic acids is 1. The number of nitrogens with zero attached hydrogens (tertiary/aromatic N) is 1. The lowest BCUT2D eigenvalue weighted by atomic mass is 10.0. The number of benzene rings is 3. The van der Waals surface area contributed by atoms with Crippen molar-refractivity contribution < 1.29 is 14.3 Å². The van der Waals surface area contributed by atoms with Crippen molar-refractivity contribution in [3.8, 4) is 11.5 Å². The van der Waals surface area contributed by atoms with Crippen LogP contribution >= 0.6 is 34.2 Å². The van der Waals surface area contributed by atoms with E-state index in [4.69, 9.17) is 21.1 Å². The first-order valence-corrected chi connectivity index (χ1v) is 12.0. The predicted octanol–water partition coefficient (Wildman–Crippen LogP) is 6.23. The van der Waals surface area contributed by atoms with E-state index in [1.165, 1.54) is 5.56 Å². The van der Waals surface area contributed by atoms with Crippen molar-refractivity contribution in [3.63, 3.8) is 0 Å². The number of hydrazone groups is 1. The largest absolute Gasteiger partial charge is 0.490 e. The van der Waals surface area contributed by atoms with Crippen molar-refractivity contribution in [2.24, 2.45) is 5.10 Å². The fourth-order valence-electron chi connectivity index (χ4n) is 3.24. The van der Waals surface area contributed by atoms with E-state index in [1.807, 2.05) is 69.3 Å². The van der Waals surface area contributed by atoms with Gasteiger partial charge in [-0.3, -0.25) is 4.79 Å². The van der Waals surface area contributed by atoms with Crippen LogP contribution in [-0.2, 0) is 17.8 Å². The van der Waals surface area contributed by atoms with Crippen LogP contribution in [-0.4, -0.2) is 18.7 Å². The van der Waals surface area contributed by atoms with Crippen molar-refractivity contribution in [2.75, 3.05) is 6.61 Å². The Morgan fingerprint density at radius 3 is 2.55 bits per heavy atom. The molecule has 33 heavy (non-hydrogen) atoms. The minimum absolute atomic E-state index is 0.166. The number of rotatable bonds is 9. The van der Waals surface area contributed by atoms with E-state index in [1.54, 1.807) is 6.21 Å². The zero-order chi connectivity index (χ0) is 23.8. The summed E-state index contributed by atoms with van der Waals surface area (Å²) in [6, 6.07) is 17.4. The van der Waals surface area contributed by atoms with Crippen LogP contribution in [0.5, 0.6) is 11.5 Å². The number of hydrogen-bond acceptors (Lipinski definition) is 4. The summed E-state index contributed by atoms with van der Waals surface area (Å²) in [4.78, 5) is 12.3. The van der Waals surface area contributed by atoms with Crippen LogP contribution in [0.25, 0.3) is 0 Å². The smallest absolute Gasteiger partial charge is 0.244 e. The fourth-order valence-corrected chi connectivity index (χ4v) is 4.14. The number of nitrogens with one attached hydrogen (secondary N) is 1. The molecule has 0 bridgehead atoms. The van der Waals surface area contributed by atoms with Gasteiger partial charge < -0.3 is 9.47 Å². The molecule has 5 nitrogen and oxygen atoms in total. The molecule has 0 atom stereocenters. The third kappa shape index (κ3) is 7.47. The van der Waals surface area contributed by atoms with Crippen LogP contribution < -0.4 is 14.9 Å². The van der Waals surface area contributed by atoms with Crippen molar-refractivity contribution >= 4 is 46.3 Å². The number of halogens is 2. The molecule has 0 saturated carbocycles. The molecule has 0 aliphatic heterocycles. The topological polar surface area (TPSA) is 59.9 Å². The molecule has 0 saturated heterocycles. The predicted molar refractivity (Wildman–Crippen MR) is 141 cm³/mol. The molecule has 0 unspecified atom stereocenters. The van der Waals surface area contributed by atoms with Gasteiger partial charge >= 0.3 is 0 Å². The second-order valence-electron chi connectivity index (χ2n) is 7.58. The first-order valence-electron chi connectivity index (χ1n) is 10.6. The summed E-state index contributed by atoms with van der Waals surface area (Å²) in [5, 5.41) is 4.81. The fraction of sp³-hybridized carbons (Fsp3) is 0.231. The van der Waals surface area contributed by atoms with Gasteiger partial charge in [0.1, 0.15) is 6.61 Å². The molecule has 1 N–H and O–H groups in total. The SMILES string of the molecule is CCOc1cc(/C=N\NC(=O)Cc2ccc(C)cc2C)cc(I)c1OCc1ccc(Cl)cc1. The lowest BCUT2D eigenvalue weighted by Gasteiger charge is -2.15. The number of amides is 1. The van der Waals surface area contributed by atoms with Crippen molar-refractivity contribution in [1.82, 2.24) is 5.43 Å². The molecule has 0 aliphatic rings. The third-order valence-corrected chi connectivity index (χ3v) is 5.93. The lowest BCUT2D eigenvalue weighted by molar-refractivity contribution is -0.120. The van der Waals surface area contributed by atoms with E-state index in [0.29, 0.717) is 29.7 Å². The monoisotopic (exact) mass is 576 g/mol. The second-order valence-corrected chi connectivity index (χ2v) is 9.18. The summed E-state index contributed by atoms with van der Waals surface area (Å²) in [6.07, 6.45) is 1.89. The summed E-state index contributed by atoms with van der Waals surface area (Å²) in [5.41, 5.74) is 7.67. The Morgan fingerprint density at radius 1 is 1.09 bits per heavy atom. The third-order valence-electron chi connectivity index (χ3n) is 4.88. The van der Waals surface area contributed by atoms with Crippen LogP contribution in [0.4, 0.5) is 0 Å². The van der Waals surface area contributed by atoms with Gasteiger partial charge in [0.05, 0.1) is 22.8 Å². The highest BCUT2D eigenvalue weighted by molar-refractivity contribution is 14.1. The van der Waals surface area contributed by atoms with E-state index in [0.717, 1.165) is 25.8 Å². The number of hydrogen-bond donors (Lipinski definition) is 1. The van der Waals surface area contributed by atoms with Crippen LogP contribution in [0.2, 0.25) is 5.02 Å². The van der Waals surface area contributed by atoms with Gasteiger partial charge in [0.2, 0.25) is 5.91 Å². The normalized spacial score (nSPS) is 10.9. The highest BCUT2D eigenvalue weighted by Crippen LogP contribution is 2.34. The highest BCUT2D eigenvalue weighted by atomic mass is 127. The van der Waals surface area contributed by atoms with Crippen LogP contribution in [0.15, 0.2) is 59.7 Å². The second kappa shape index (κ2) is 12.0. The molecule has 0 spiro atoms.